The fourth-order valence-corrected chi connectivity index (χ4v) is 1.60. The minimum Gasteiger partial charge on any atom is -0.444 e. The Bertz CT molecular complexity index is 455. The lowest BCUT2D eigenvalue weighted by Crippen LogP contribution is -2.42. The minimum absolute atomic E-state index is 0.0324. The SMILES string of the molecule is CCC(NC(=O)OC(C)(C)C)[C@H](O)c1nnc(COC)o1. The van der Waals surface area contributed by atoms with Crippen molar-refractivity contribution in [2.75, 3.05) is 7.11 Å². The third-order valence-electron chi connectivity index (χ3n) is 2.53. The molecule has 0 fully saturated rings. The lowest BCUT2D eigenvalue weighted by molar-refractivity contribution is 0.0379. The second-order valence-corrected chi connectivity index (χ2v) is 5.57. The van der Waals surface area contributed by atoms with Gasteiger partial charge >= 0.3 is 6.09 Å². The molecule has 120 valence electrons. The first-order valence-electron chi connectivity index (χ1n) is 6.75. The van der Waals surface area contributed by atoms with Crippen molar-refractivity contribution in [1.29, 1.82) is 0 Å². The average Bonchev–Trinajstić information content (AvgIpc) is 2.82. The number of carbonyl (C=O) groups excluding carboxylic acids is 1. The van der Waals surface area contributed by atoms with E-state index in [-0.39, 0.29) is 18.4 Å². The summed E-state index contributed by atoms with van der Waals surface area (Å²) < 4.78 is 15.3. The van der Waals surface area contributed by atoms with E-state index in [1.54, 1.807) is 20.8 Å². The molecular weight excluding hydrogens is 278 g/mol. The lowest BCUT2D eigenvalue weighted by atomic mass is 10.1. The molecule has 8 heteroatoms. The smallest absolute Gasteiger partial charge is 0.407 e. The number of amides is 1. The Kier molecular flexibility index (Phi) is 6.10. The van der Waals surface area contributed by atoms with Crippen LogP contribution in [0.25, 0.3) is 0 Å². The first-order chi connectivity index (χ1) is 9.76. The highest BCUT2D eigenvalue weighted by molar-refractivity contribution is 5.68. The number of nitrogens with one attached hydrogen (secondary N) is 1. The van der Waals surface area contributed by atoms with Crippen LogP contribution in [0.4, 0.5) is 4.79 Å². The number of aliphatic hydroxyl groups is 1. The molecule has 1 amide bonds. The second-order valence-electron chi connectivity index (χ2n) is 5.57. The van der Waals surface area contributed by atoms with Crippen LogP contribution in [0.15, 0.2) is 4.42 Å². The van der Waals surface area contributed by atoms with Crippen molar-refractivity contribution >= 4 is 6.09 Å². The second kappa shape index (κ2) is 7.37. The molecule has 0 aromatic carbocycles. The van der Waals surface area contributed by atoms with Crippen molar-refractivity contribution in [2.24, 2.45) is 0 Å². The van der Waals surface area contributed by atoms with E-state index < -0.39 is 23.8 Å². The van der Waals surface area contributed by atoms with Crippen LogP contribution in [-0.4, -0.2) is 40.1 Å². The van der Waals surface area contributed by atoms with Gasteiger partial charge in [-0.25, -0.2) is 4.79 Å². The molecule has 1 aromatic heterocycles. The number of aromatic nitrogens is 2. The Morgan fingerprint density at radius 2 is 2.10 bits per heavy atom. The van der Waals surface area contributed by atoms with Gasteiger partial charge in [-0.05, 0) is 27.2 Å². The van der Waals surface area contributed by atoms with E-state index in [9.17, 15) is 9.90 Å². The van der Waals surface area contributed by atoms with Gasteiger partial charge < -0.3 is 24.3 Å². The van der Waals surface area contributed by atoms with Gasteiger partial charge in [-0.1, -0.05) is 6.92 Å². The zero-order valence-corrected chi connectivity index (χ0v) is 13.0. The number of hydrogen-bond donors (Lipinski definition) is 2. The van der Waals surface area contributed by atoms with Crippen LogP contribution in [0.1, 0.15) is 52.0 Å². The van der Waals surface area contributed by atoms with Crippen LogP contribution in [0.5, 0.6) is 0 Å². The van der Waals surface area contributed by atoms with Crippen molar-refractivity contribution < 1.29 is 23.8 Å². The number of alkyl carbamates (subject to hydrolysis) is 1. The molecule has 0 radical (unpaired) electrons. The van der Waals surface area contributed by atoms with E-state index in [2.05, 4.69) is 15.5 Å². The summed E-state index contributed by atoms with van der Waals surface area (Å²) >= 11 is 0. The average molecular weight is 301 g/mol. The summed E-state index contributed by atoms with van der Waals surface area (Å²) in [6.45, 7) is 7.27. The molecule has 0 aliphatic rings. The van der Waals surface area contributed by atoms with Crippen LogP contribution in [0.2, 0.25) is 0 Å². The lowest BCUT2D eigenvalue weighted by Gasteiger charge is -2.24. The normalized spacial score (nSPS) is 14.6. The molecule has 8 nitrogen and oxygen atoms in total. The van der Waals surface area contributed by atoms with Gasteiger partial charge in [-0.2, -0.15) is 0 Å². The van der Waals surface area contributed by atoms with Gasteiger partial charge in [0.15, 0.2) is 6.10 Å². The Balaban J connectivity index is 2.67. The van der Waals surface area contributed by atoms with Gasteiger partial charge in [0.1, 0.15) is 12.2 Å². The number of rotatable bonds is 6. The molecule has 2 N–H and O–H groups in total. The molecule has 0 spiro atoms. The van der Waals surface area contributed by atoms with Gasteiger partial charge in [0, 0.05) is 7.11 Å². The van der Waals surface area contributed by atoms with E-state index in [1.807, 2.05) is 6.92 Å². The first kappa shape index (κ1) is 17.4. The van der Waals surface area contributed by atoms with Gasteiger partial charge in [-0.15, -0.1) is 10.2 Å². The zero-order valence-electron chi connectivity index (χ0n) is 13.0. The summed E-state index contributed by atoms with van der Waals surface area (Å²) in [6, 6.07) is -0.587. The van der Waals surface area contributed by atoms with E-state index in [0.29, 0.717) is 6.42 Å². The largest absolute Gasteiger partial charge is 0.444 e. The molecule has 2 atom stereocenters. The van der Waals surface area contributed by atoms with Gasteiger partial charge in [0.2, 0.25) is 11.8 Å². The van der Waals surface area contributed by atoms with E-state index in [1.165, 1.54) is 7.11 Å². The molecule has 0 bridgehead atoms. The van der Waals surface area contributed by atoms with Crippen LogP contribution in [0.3, 0.4) is 0 Å². The monoisotopic (exact) mass is 301 g/mol. The molecular formula is C13H23N3O5. The van der Waals surface area contributed by atoms with Crippen molar-refractivity contribution in [3.63, 3.8) is 0 Å². The van der Waals surface area contributed by atoms with Crippen molar-refractivity contribution in [3.05, 3.63) is 11.8 Å². The minimum atomic E-state index is -1.11. The number of hydrogen-bond acceptors (Lipinski definition) is 7. The third kappa shape index (κ3) is 5.68. The third-order valence-corrected chi connectivity index (χ3v) is 2.53. The molecule has 0 saturated heterocycles. The molecule has 1 rings (SSSR count). The maximum atomic E-state index is 11.7. The summed E-state index contributed by atoms with van der Waals surface area (Å²) in [5.41, 5.74) is -0.608. The summed E-state index contributed by atoms with van der Waals surface area (Å²) in [4.78, 5) is 11.7. The number of ether oxygens (including phenoxy) is 2. The number of aliphatic hydroxyl groups excluding tert-OH is 1. The fraction of sp³-hybridized carbons (Fsp3) is 0.769. The highest BCUT2D eigenvalue weighted by Gasteiger charge is 2.28. The summed E-state index contributed by atoms with van der Waals surface area (Å²) in [7, 11) is 1.50. The molecule has 21 heavy (non-hydrogen) atoms. The predicted octanol–water partition coefficient (Wildman–Crippen LogP) is 1.55. The Hall–Kier alpha value is -1.67. The highest BCUT2D eigenvalue weighted by atomic mass is 16.6. The van der Waals surface area contributed by atoms with Crippen LogP contribution in [0, 0.1) is 0 Å². The van der Waals surface area contributed by atoms with E-state index in [4.69, 9.17) is 13.9 Å². The summed E-state index contributed by atoms with van der Waals surface area (Å²) in [5.74, 6) is 0.295. The Morgan fingerprint density at radius 1 is 1.43 bits per heavy atom. The van der Waals surface area contributed by atoms with E-state index >= 15 is 0 Å². The quantitative estimate of drug-likeness (QED) is 0.820. The zero-order chi connectivity index (χ0) is 16.0. The van der Waals surface area contributed by atoms with Crippen LogP contribution in [-0.2, 0) is 16.1 Å². The number of nitrogens with zero attached hydrogens (tertiary/aromatic N) is 2. The Labute approximate surface area is 123 Å². The van der Waals surface area contributed by atoms with Crippen LogP contribution >= 0.6 is 0 Å². The maximum Gasteiger partial charge on any atom is 0.407 e. The van der Waals surface area contributed by atoms with Gasteiger partial charge in [0.25, 0.3) is 0 Å². The van der Waals surface area contributed by atoms with Crippen molar-refractivity contribution in [3.8, 4) is 0 Å². The van der Waals surface area contributed by atoms with Crippen molar-refractivity contribution in [2.45, 2.75) is 58.5 Å². The first-order valence-corrected chi connectivity index (χ1v) is 6.75. The van der Waals surface area contributed by atoms with Crippen molar-refractivity contribution in [1.82, 2.24) is 15.5 Å². The molecule has 0 saturated carbocycles. The maximum absolute atomic E-state index is 11.7. The molecule has 0 aliphatic heterocycles. The number of methoxy groups -OCH3 is 1. The van der Waals surface area contributed by atoms with Gasteiger partial charge in [-0.3, -0.25) is 0 Å². The molecule has 1 unspecified atom stereocenters. The topological polar surface area (TPSA) is 107 Å². The standard InChI is InChI=1S/C13H23N3O5/c1-6-8(14-12(18)21-13(2,3)4)10(17)11-16-15-9(20-11)7-19-5/h8,10,17H,6-7H2,1-5H3,(H,14,18)/t8?,10-/m0/s1. The molecule has 1 aromatic rings. The summed E-state index contributed by atoms with van der Waals surface area (Å²) in [5, 5.41) is 20.3. The highest BCUT2D eigenvalue weighted by Crippen LogP contribution is 2.18. The van der Waals surface area contributed by atoms with E-state index in [0.717, 1.165) is 0 Å². The fourth-order valence-electron chi connectivity index (χ4n) is 1.60. The predicted molar refractivity (Wildman–Crippen MR) is 73.4 cm³/mol. The van der Waals surface area contributed by atoms with Crippen LogP contribution < -0.4 is 5.32 Å². The summed E-state index contributed by atoms with van der Waals surface area (Å²) in [6.07, 6.45) is -1.24. The Morgan fingerprint density at radius 3 is 2.62 bits per heavy atom. The molecule has 0 aliphatic carbocycles. The van der Waals surface area contributed by atoms with Gasteiger partial charge in [0.05, 0.1) is 6.04 Å². The molecule has 1 heterocycles. The number of carbonyl (C=O) groups is 1.